The molecular weight excluding hydrogens is 516 g/mol. The van der Waals surface area contributed by atoms with E-state index in [0.29, 0.717) is 41.2 Å². The number of imidazole rings is 1. The fourth-order valence-corrected chi connectivity index (χ4v) is 6.98. The van der Waals surface area contributed by atoms with Crippen molar-refractivity contribution >= 4 is 34.9 Å². The molecule has 1 amide bonds. The second-order valence-corrected chi connectivity index (χ2v) is 13.0. The molecule has 41 heavy (non-hydrogen) atoms. The third-order valence-corrected chi connectivity index (χ3v) is 9.55. The Labute approximate surface area is 243 Å². The van der Waals surface area contributed by atoms with Crippen LogP contribution in [0.3, 0.4) is 0 Å². The number of aromatic nitrogens is 4. The summed E-state index contributed by atoms with van der Waals surface area (Å²) in [5.74, 6) is 3.58. The van der Waals surface area contributed by atoms with Crippen molar-refractivity contribution in [1.29, 1.82) is 5.41 Å². The van der Waals surface area contributed by atoms with Gasteiger partial charge in [0.25, 0.3) is 0 Å². The number of piperidine rings is 1. The number of nitrogens with zero attached hydrogens (tertiary/aromatic N) is 5. The van der Waals surface area contributed by atoms with Crippen molar-refractivity contribution in [3.63, 3.8) is 0 Å². The van der Waals surface area contributed by atoms with Gasteiger partial charge in [0.15, 0.2) is 23.1 Å². The number of hydrogen-bond donors (Lipinski definition) is 4. The lowest BCUT2D eigenvalue weighted by Gasteiger charge is -2.38. The zero-order chi connectivity index (χ0) is 29.1. The van der Waals surface area contributed by atoms with E-state index in [-0.39, 0.29) is 17.7 Å². The summed E-state index contributed by atoms with van der Waals surface area (Å²) < 4.78 is 2.36. The van der Waals surface area contributed by atoms with Gasteiger partial charge in [-0.3, -0.25) is 10.7 Å². The number of allylic oxidation sites excluding steroid dienone is 1. The Balaban J connectivity index is 1.61. The van der Waals surface area contributed by atoms with Gasteiger partial charge in [-0.05, 0) is 94.8 Å². The van der Waals surface area contributed by atoms with Gasteiger partial charge in [0.1, 0.15) is 5.52 Å². The van der Waals surface area contributed by atoms with Gasteiger partial charge in [0.2, 0.25) is 5.95 Å². The van der Waals surface area contributed by atoms with Gasteiger partial charge in [0, 0.05) is 25.2 Å². The summed E-state index contributed by atoms with van der Waals surface area (Å²) in [4.78, 5) is 28.5. The van der Waals surface area contributed by atoms with Gasteiger partial charge in [0.05, 0.1) is 0 Å². The molecule has 1 unspecified atom stereocenters. The van der Waals surface area contributed by atoms with Gasteiger partial charge < -0.3 is 19.9 Å². The second kappa shape index (κ2) is 12.8. The molecule has 2 atom stereocenters. The number of amidine groups is 1. The summed E-state index contributed by atoms with van der Waals surface area (Å²) in [5.41, 5.74) is 1.40. The summed E-state index contributed by atoms with van der Waals surface area (Å²) in [5, 5.41) is 23.4. The first-order chi connectivity index (χ1) is 19.7. The highest BCUT2D eigenvalue weighted by Crippen LogP contribution is 2.38. The number of nitrogens with one attached hydrogen (secondary N) is 3. The Kier molecular flexibility index (Phi) is 9.14. The maximum absolute atomic E-state index is 11.3. The largest absolute Gasteiger partial charge is 0.465 e. The van der Waals surface area contributed by atoms with Crippen LogP contribution in [0.25, 0.3) is 11.2 Å². The minimum absolute atomic E-state index is 0.0447. The minimum atomic E-state index is -1.30. The van der Waals surface area contributed by atoms with Crippen LogP contribution in [0.1, 0.15) is 97.2 Å². The number of anilines is 2. The number of rotatable bonds is 10. The molecule has 3 fully saturated rings. The smallest absolute Gasteiger partial charge is 0.410 e. The third kappa shape index (κ3) is 6.67. The average Bonchev–Trinajstić information content (AvgIpc) is 3.25. The van der Waals surface area contributed by atoms with E-state index in [1.165, 1.54) is 25.7 Å². The molecule has 3 aliphatic rings. The molecule has 2 aromatic heterocycles. The first-order valence-electron chi connectivity index (χ1n) is 15.8. The van der Waals surface area contributed by atoms with Crippen LogP contribution in [0.15, 0.2) is 12.7 Å². The maximum atomic E-state index is 11.3. The lowest BCUT2D eigenvalue weighted by atomic mass is 9.80. The van der Waals surface area contributed by atoms with Crippen molar-refractivity contribution in [2.75, 3.05) is 16.8 Å². The van der Waals surface area contributed by atoms with E-state index in [9.17, 15) is 9.90 Å². The van der Waals surface area contributed by atoms with Crippen LogP contribution in [0.4, 0.5) is 16.6 Å². The fourth-order valence-electron chi connectivity index (χ4n) is 6.98. The van der Waals surface area contributed by atoms with Gasteiger partial charge in [-0.1, -0.05) is 26.3 Å². The molecule has 0 bridgehead atoms. The molecule has 0 radical (unpaired) electrons. The van der Waals surface area contributed by atoms with Crippen LogP contribution in [0.2, 0.25) is 0 Å². The Morgan fingerprint density at radius 3 is 2.46 bits per heavy atom. The molecule has 224 valence electrons. The SMILES string of the molecule is C=C[C@H]1CC[C@H](Cn2c(N3CCCCC3CC(C)C)nc3nc(C(=N)NC(=O)O)nc(N[C@H](C)C4CCC4)c32)CC1. The fraction of sp³-hybridized carbons (Fsp3) is 0.710. The van der Waals surface area contributed by atoms with Crippen molar-refractivity contribution < 1.29 is 9.90 Å². The van der Waals surface area contributed by atoms with Crippen LogP contribution >= 0.6 is 0 Å². The Morgan fingerprint density at radius 1 is 1.07 bits per heavy atom. The highest BCUT2D eigenvalue weighted by Gasteiger charge is 2.32. The van der Waals surface area contributed by atoms with E-state index in [1.807, 2.05) is 0 Å². The van der Waals surface area contributed by atoms with Gasteiger partial charge in [-0.25, -0.2) is 14.8 Å². The van der Waals surface area contributed by atoms with Gasteiger partial charge in [-0.15, -0.1) is 6.58 Å². The third-order valence-electron chi connectivity index (χ3n) is 9.55. The van der Waals surface area contributed by atoms with E-state index >= 15 is 0 Å². The molecule has 10 heteroatoms. The second-order valence-electron chi connectivity index (χ2n) is 13.0. The molecule has 0 aromatic carbocycles. The maximum Gasteiger partial charge on any atom is 0.410 e. The van der Waals surface area contributed by atoms with Crippen LogP contribution in [0.5, 0.6) is 0 Å². The normalized spacial score (nSPS) is 24.2. The van der Waals surface area contributed by atoms with E-state index in [4.69, 9.17) is 15.4 Å². The summed E-state index contributed by atoms with van der Waals surface area (Å²) in [7, 11) is 0. The summed E-state index contributed by atoms with van der Waals surface area (Å²) in [6, 6.07) is 0.621. The first kappa shape index (κ1) is 29.3. The van der Waals surface area contributed by atoms with Crippen molar-refractivity contribution in [3.8, 4) is 0 Å². The number of carbonyl (C=O) groups is 1. The average molecular weight is 565 g/mol. The van der Waals surface area contributed by atoms with Crippen molar-refractivity contribution in [3.05, 3.63) is 18.5 Å². The number of hydrogen-bond acceptors (Lipinski definition) is 7. The molecule has 5 rings (SSSR count). The zero-order valence-electron chi connectivity index (χ0n) is 25.0. The number of amides is 1. The molecule has 1 aliphatic heterocycles. The first-order valence-corrected chi connectivity index (χ1v) is 15.8. The molecule has 2 aliphatic carbocycles. The Hall–Kier alpha value is -3.17. The number of fused-ring (bicyclic) bond motifs is 1. The van der Waals surface area contributed by atoms with Crippen molar-refractivity contribution in [1.82, 2.24) is 24.8 Å². The molecule has 4 N–H and O–H groups in total. The molecule has 10 nitrogen and oxygen atoms in total. The van der Waals surface area contributed by atoms with Gasteiger partial charge >= 0.3 is 6.09 Å². The molecule has 2 saturated carbocycles. The molecular formula is C31H48N8O2. The van der Waals surface area contributed by atoms with Crippen LogP contribution in [-0.2, 0) is 6.54 Å². The summed E-state index contributed by atoms with van der Waals surface area (Å²) >= 11 is 0. The van der Waals surface area contributed by atoms with E-state index in [1.54, 1.807) is 0 Å². The quantitative estimate of drug-likeness (QED) is 0.149. The Morgan fingerprint density at radius 2 is 1.83 bits per heavy atom. The highest BCUT2D eigenvalue weighted by molar-refractivity contribution is 6.03. The Bertz CT molecular complexity index is 1240. The topological polar surface area (TPSA) is 132 Å². The van der Waals surface area contributed by atoms with Crippen LogP contribution in [-0.4, -0.2) is 55.2 Å². The van der Waals surface area contributed by atoms with Crippen molar-refractivity contribution in [2.45, 2.75) is 110 Å². The lowest BCUT2D eigenvalue weighted by molar-refractivity contribution is 0.200. The highest BCUT2D eigenvalue weighted by atomic mass is 16.4. The van der Waals surface area contributed by atoms with E-state index < -0.39 is 6.09 Å². The lowest BCUT2D eigenvalue weighted by Crippen LogP contribution is -2.42. The predicted octanol–water partition coefficient (Wildman–Crippen LogP) is 6.42. The standard InChI is InChI=1S/C31H48N8O2/c1-5-21-12-14-22(15-13-21)18-39-25-27(33-20(4)23-9-8-10-23)35-29(26(32)34-31(40)41)36-28(25)37-30(39)38-16-7-6-11-24(38)17-19(2)3/h5,19-24H,1,6-18H2,2-4H3,(H2,32,34)(H,40,41)(H,33,35,36)/t20-,21-,22-,24?/m1/s1. The summed E-state index contributed by atoms with van der Waals surface area (Å²) in [6.07, 6.45) is 13.7. The predicted molar refractivity (Wildman–Crippen MR) is 164 cm³/mol. The molecule has 3 heterocycles. The van der Waals surface area contributed by atoms with Gasteiger partial charge in [-0.2, -0.15) is 4.98 Å². The van der Waals surface area contributed by atoms with Crippen LogP contribution < -0.4 is 15.5 Å². The van der Waals surface area contributed by atoms with Crippen molar-refractivity contribution in [2.24, 2.45) is 23.7 Å². The van der Waals surface area contributed by atoms with Crippen LogP contribution in [0, 0.1) is 29.1 Å². The minimum Gasteiger partial charge on any atom is -0.465 e. The number of carboxylic acid groups (broad SMARTS) is 1. The molecule has 1 saturated heterocycles. The van der Waals surface area contributed by atoms with E-state index in [2.05, 4.69) is 58.5 Å². The van der Waals surface area contributed by atoms with E-state index in [0.717, 1.165) is 69.5 Å². The molecule has 2 aromatic rings. The zero-order valence-corrected chi connectivity index (χ0v) is 25.0. The molecule has 0 spiro atoms. The monoisotopic (exact) mass is 564 g/mol. The summed E-state index contributed by atoms with van der Waals surface area (Å²) in [6.45, 7) is 12.6.